The third-order valence-corrected chi connectivity index (χ3v) is 6.43. The van der Waals surface area contributed by atoms with Crippen LogP contribution in [0.25, 0.3) is 10.2 Å². The SMILES string of the molecule is CC(C)CCn1c(SCCO)nc2sc3c(c2c1=O)CCCC3. The first-order valence-corrected chi connectivity index (χ1v) is 10.2. The van der Waals surface area contributed by atoms with Crippen molar-refractivity contribution in [1.82, 2.24) is 9.55 Å². The third-order valence-electron chi connectivity index (χ3n) is 4.29. The lowest BCUT2D eigenvalue weighted by molar-refractivity contribution is 0.322. The number of hydrogen-bond donors (Lipinski definition) is 1. The summed E-state index contributed by atoms with van der Waals surface area (Å²) >= 11 is 3.18. The van der Waals surface area contributed by atoms with Crippen molar-refractivity contribution in [2.45, 2.75) is 57.7 Å². The standard InChI is InChI=1S/C17H24N2O2S2/c1-11(2)7-8-19-16(21)14-12-5-3-4-6-13(12)23-15(14)18-17(19)22-10-9-20/h11,20H,3-10H2,1-2H3. The van der Waals surface area contributed by atoms with E-state index in [1.54, 1.807) is 11.3 Å². The first-order valence-electron chi connectivity index (χ1n) is 8.40. The highest BCUT2D eigenvalue weighted by Crippen LogP contribution is 2.34. The first kappa shape index (κ1) is 17.0. The van der Waals surface area contributed by atoms with Crippen LogP contribution in [0.1, 0.15) is 43.6 Å². The van der Waals surface area contributed by atoms with Gasteiger partial charge in [0.15, 0.2) is 5.16 Å². The Morgan fingerprint density at radius 3 is 2.87 bits per heavy atom. The van der Waals surface area contributed by atoms with Gasteiger partial charge in [0.25, 0.3) is 5.56 Å². The van der Waals surface area contributed by atoms with E-state index in [2.05, 4.69) is 13.8 Å². The maximum absolute atomic E-state index is 13.1. The molecule has 1 aliphatic carbocycles. The topological polar surface area (TPSA) is 55.1 Å². The molecule has 0 spiro atoms. The number of rotatable bonds is 6. The van der Waals surface area contributed by atoms with Gasteiger partial charge in [-0.3, -0.25) is 9.36 Å². The summed E-state index contributed by atoms with van der Waals surface area (Å²) in [6.45, 7) is 5.15. The van der Waals surface area contributed by atoms with Crippen molar-refractivity contribution in [2.24, 2.45) is 5.92 Å². The molecular weight excluding hydrogens is 328 g/mol. The van der Waals surface area contributed by atoms with Crippen molar-refractivity contribution in [3.05, 3.63) is 20.8 Å². The molecule has 0 saturated carbocycles. The van der Waals surface area contributed by atoms with E-state index in [1.807, 2.05) is 4.57 Å². The van der Waals surface area contributed by atoms with E-state index in [4.69, 9.17) is 10.1 Å². The molecule has 0 unspecified atom stereocenters. The van der Waals surface area contributed by atoms with Gasteiger partial charge in [-0.2, -0.15) is 0 Å². The van der Waals surface area contributed by atoms with Crippen LogP contribution in [-0.2, 0) is 19.4 Å². The van der Waals surface area contributed by atoms with Gasteiger partial charge in [-0.1, -0.05) is 25.6 Å². The van der Waals surface area contributed by atoms with Crippen molar-refractivity contribution in [3.63, 3.8) is 0 Å². The van der Waals surface area contributed by atoms with Gasteiger partial charge >= 0.3 is 0 Å². The average molecular weight is 353 g/mol. The summed E-state index contributed by atoms with van der Waals surface area (Å²) < 4.78 is 1.84. The molecule has 0 aromatic carbocycles. The number of aliphatic hydroxyl groups excluding tert-OH is 1. The lowest BCUT2D eigenvalue weighted by atomic mass is 9.97. The molecule has 2 heterocycles. The van der Waals surface area contributed by atoms with Gasteiger partial charge in [-0.25, -0.2) is 4.98 Å². The van der Waals surface area contributed by atoms with Crippen molar-refractivity contribution >= 4 is 33.3 Å². The van der Waals surface area contributed by atoms with Gasteiger partial charge in [0.2, 0.25) is 0 Å². The van der Waals surface area contributed by atoms with Crippen LogP contribution in [-0.4, -0.2) is 27.0 Å². The van der Waals surface area contributed by atoms with Crippen molar-refractivity contribution < 1.29 is 5.11 Å². The molecule has 0 bridgehead atoms. The molecule has 1 aliphatic rings. The highest BCUT2D eigenvalue weighted by Gasteiger charge is 2.22. The second-order valence-corrected chi connectivity index (χ2v) is 8.64. The molecule has 2 aromatic heterocycles. The molecule has 6 heteroatoms. The summed E-state index contributed by atoms with van der Waals surface area (Å²) in [6.07, 6.45) is 5.45. The Balaban J connectivity index is 2.11. The minimum Gasteiger partial charge on any atom is -0.396 e. The van der Waals surface area contributed by atoms with Crippen LogP contribution < -0.4 is 5.56 Å². The Labute approximate surface area is 144 Å². The molecule has 3 rings (SSSR count). The number of thioether (sulfide) groups is 1. The zero-order chi connectivity index (χ0) is 16.4. The van der Waals surface area contributed by atoms with Crippen LogP contribution in [0.15, 0.2) is 9.95 Å². The van der Waals surface area contributed by atoms with Crippen LogP contribution in [0.3, 0.4) is 0 Å². The lowest BCUT2D eigenvalue weighted by Crippen LogP contribution is -2.24. The minimum atomic E-state index is 0.101. The number of fused-ring (bicyclic) bond motifs is 3. The summed E-state index contributed by atoms with van der Waals surface area (Å²) in [5, 5.41) is 10.7. The monoisotopic (exact) mass is 352 g/mol. The van der Waals surface area contributed by atoms with Crippen LogP contribution in [0.4, 0.5) is 0 Å². The Hall–Kier alpha value is -0.850. The van der Waals surface area contributed by atoms with Gasteiger partial charge in [-0.05, 0) is 43.6 Å². The zero-order valence-corrected chi connectivity index (χ0v) is 15.4. The van der Waals surface area contributed by atoms with E-state index in [9.17, 15) is 4.79 Å². The van der Waals surface area contributed by atoms with Crippen molar-refractivity contribution in [2.75, 3.05) is 12.4 Å². The highest BCUT2D eigenvalue weighted by atomic mass is 32.2. The summed E-state index contributed by atoms with van der Waals surface area (Å²) in [5.41, 5.74) is 1.38. The van der Waals surface area contributed by atoms with E-state index in [-0.39, 0.29) is 12.2 Å². The number of hydrogen-bond acceptors (Lipinski definition) is 5. The number of aliphatic hydroxyl groups is 1. The van der Waals surface area contributed by atoms with E-state index < -0.39 is 0 Å². The Morgan fingerprint density at radius 1 is 1.35 bits per heavy atom. The predicted octanol–water partition coefficient (Wildman–Crippen LogP) is 3.47. The molecule has 4 nitrogen and oxygen atoms in total. The van der Waals surface area contributed by atoms with Gasteiger partial charge < -0.3 is 5.11 Å². The minimum absolute atomic E-state index is 0.101. The molecule has 1 N–H and O–H groups in total. The molecular formula is C17H24N2O2S2. The summed E-state index contributed by atoms with van der Waals surface area (Å²) in [7, 11) is 0. The fourth-order valence-electron chi connectivity index (χ4n) is 3.05. The fourth-order valence-corrected chi connectivity index (χ4v) is 5.12. The van der Waals surface area contributed by atoms with Crippen LogP contribution in [0.5, 0.6) is 0 Å². The smallest absolute Gasteiger partial charge is 0.263 e. The number of nitrogens with zero attached hydrogens (tertiary/aromatic N) is 2. The molecule has 0 radical (unpaired) electrons. The number of aryl methyl sites for hydroxylation is 2. The second kappa shape index (κ2) is 7.36. The maximum atomic E-state index is 13.1. The predicted molar refractivity (Wildman–Crippen MR) is 97.8 cm³/mol. The maximum Gasteiger partial charge on any atom is 0.263 e. The lowest BCUT2D eigenvalue weighted by Gasteiger charge is -2.14. The van der Waals surface area contributed by atoms with Gasteiger partial charge in [0.05, 0.1) is 12.0 Å². The van der Waals surface area contributed by atoms with Gasteiger partial charge in [0.1, 0.15) is 4.83 Å². The van der Waals surface area contributed by atoms with E-state index in [0.29, 0.717) is 18.2 Å². The van der Waals surface area contributed by atoms with Crippen molar-refractivity contribution in [1.29, 1.82) is 0 Å². The van der Waals surface area contributed by atoms with E-state index >= 15 is 0 Å². The molecule has 0 fully saturated rings. The molecule has 0 aliphatic heterocycles. The zero-order valence-electron chi connectivity index (χ0n) is 13.8. The largest absolute Gasteiger partial charge is 0.396 e. The quantitative estimate of drug-likeness (QED) is 0.639. The first-order chi connectivity index (χ1) is 11.1. The highest BCUT2D eigenvalue weighted by molar-refractivity contribution is 7.99. The summed E-state index contributed by atoms with van der Waals surface area (Å²) in [5.74, 6) is 1.12. The van der Waals surface area contributed by atoms with Crippen LogP contribution >= 0.6 is 23.1 Å². The van der Waals surface area contributed by atoms with Crippen LogP contribution in [0, 0.1) is 5.92 Å². The molecule has 0 atom stereocenters. The molecule has 23 heavy (non-hydrogen) atoms. The van der Waals surface area contributed by atoms with Crippen LogP contribution in [0.2, 0.25) is 0 Å². The Kier molecular flexibility index (Phi) is 5.44. The average Bonchev–Trinajstić information content (AvgIpc) is 2.90. The third kappa shape index (κ3) is 3.49. The normalized spacial score (nSPS) is 14.6. The fraction of sp³-hybridized carbons (Fsp3) is 0.647. The number of thiophene rings is 1. The Morgan fingerprint density at radius 2 is 2.13 bits per heavy atom. The summed E-state index contributed by atoms with van der Waals surface area (Å²) in [6, 6.07) is 0. The Bertz CT molecular complexity index is 749. The molecule has 0 saturated heterocycles. The molecule has 2 aromatic rings. The second-order valence-electron chi connectivity index (χ2n) is 6.50. The van der Waals surface area contributed by atoms with E-state index in [0.717, 1.165) is 34.6 Å². The molecule has 0 amide bonds. The summed E-state index contributed by atoms with van der Waals surface area (Å²) in [4.78, 5) is 20.2. The van der Waals surface area contributed by atoms with Gasteiger partial charge in [0, 0.05) is 17.2 Å². The number of aromatic nitrogens is 2. The molecule has 126 valence electrons. The van der Waals surface area contributed by atoms with Crippen molar-refractivity contribution in [3.8, 4) is 0 Å². The van der Waals surface area contributed by atoms with Gasteiger partial charge in [-0.15, -0.1) is 11.3 Å². The van der Waals surface area contributed by atoms with E-state index in [1.165, 1.54) is 35.0 Å².